The van der Waals surface area contributed by atoms with Gasteiger partial charge in [-0.1, -0.05) is 39.5 Å². The number of unbranched alkanes of at least 4 members (excludes halogenated alkanes) is 2. The zero-order valence-corrected chi connectivity index (χ0v) is 13.7. The lowest BCUT2D eigenvalue weighted by molar-refractivity contribution is -0.125. The van der Waals surface area contributed by atoms with Crippen molar-refractivity contribution < 1.29 is 9.18 Å². The molecular weight excluding hydrogens is 285 g/mol. The van der Waals surface area contributed by atoms with Crippen LogP contribution in [0, 0.1) is 11.2 Å². The van der Waals surface area contributed by atoms with Crippen LogP contribution < -0.4 is 5.32 Å². The smallest absolute Gasteiger partial charge is 0.231 e. The topological polar surface area (TPSA) is 29.1 Å². The molecule has 0 spiro atoms. The van der Waals surface area contributed by atoms with Crippen molar-refractivity contribution in [3.05, 3.63) is 24.0 Å². The van der Waals surface area contributed by atoms with Crippen LogP contribution in [0.2, 0.25) is 0 Å². The Hall–Kier alpha value is -1.03. The van der Waals surface area contributed by atoms with Crippen molar-refractivity contribution in [3.8, 4) is 0 Å². The number of carbonyl (C=O) groups is 1. The molecule has 0 aromatic heterocycles. The Labute approximate surface area is 130 Å². The van der Waals surface area contributed by atoms with Gasteiger partial charge in [0.2, 0.25) is 5.91 Å². The van der Waals surface area contributed by atoms with Crippen LogP contribution in [0.3, 0.4) is 0 Å². The van der Waals surface area contributed by atoms with Gasteiger partial charge in [-0.25, -0.2) is 4.39 Å². The van der Waals surface area contributed by atoms with Gasteiger partial charge in [0.25, 0.3) is 0 Å². The van der Waals surface area contributed by atoms with Crippen molar-refractivity contribution in [3.63, 3.8) is 0 Å². The summed E-state index contributed by atoms with van der Waals surface area (Å²) in [7, 11) is 0. The van der Waals surface area contributed by atoms with E-state index in [9.17, 15) is 9.18 Å². The van der Waals surface area contributed by atoms with Gasteiger partial charge in [0.1, 0.15) is 5.82 Å². The molecule has 0 atom stereocenters. The average Bonchev–Trinajstić information content (AvgIpc) is 2.60. The second-order valence-electron chi connectivity index (χ2n) is 5.87. The zero-order valence-electron chi connectivity index (χ0n) is 12.9. The number of hydrogen-bond acceptors (Lipinski definition) is 2. The van der Waals surface area contributed by atoms with E-state index < -0.39 is 0 Å². The van der Waals surface area contributed by atoms with E-state index in [1.807, 2.05) is 0 Å². The number of amides is 1. The largest absolute Gasteiger partial charge is 0.324 e. The van der Waals surface area contributed by atoms with E-state index >= 15 is 0 Å². The van der Waals surface area contributed by atoms with Crippen molar-refractivity contribution >= 4 is 23.4 Å². The first-order valence-corrected chi connectivity index (χ1v) is 8.83. The average molecular weight is 309 g/mol. The lowest BCUT2D eigenvalue weighted by atomic mass is 9.79. The molecule has 1 aromatic rings. The molecule has 0 unspecified atom stereocenters. The Kier molecular flexibility index (Phi) is 5.68. The van der Waals surface area contributed by atoms with Gasteiger partial charge in [0.15, 0.2) is 0 Å². The molecule has 2 nitrogen and oxygen atoms in total. The van der Waals surface area contributed by atoms with Gasteiger partial charge < -0.3 is 5.32 Å². The number of thioether (sulfide) groups is 1. The number of carbonyl (C=O) groups excluding carboxylic acids is 1. The van der Waals surface area contributed by atoms with Gasteiger partial charge in [-0.05, 0) is 31.0 Å². The molecule has 2 rings (SSSR count). The highest BCUT2D eigenvalue weighted by Gasteiger charge is 2.39. The molecule has 1 heterocycles. The molecule has 0 saturated heterocycles. The van der Waals surface area contributed by atoms with E-state index in [2.05, 4.69) is 19.2 Å². The Morgan fingerprint density at radius 3 is 2.52 bits per heavy atom. The molecule has 0 saturated carbocycles. The summed E-state index contributed by atoms with van der Waals surface area (Å²) >= 11 is 1.68. The number of rotatable bonds is 6. The number of anilines is 1. The summed E-state index contributed by atoms with van der Waals surface area (Å²) in [6, 6.07) is 4.66. The summed E-state index contributed by atoms with van der Waals surface area (Å²) in [6.45, 7) is 4.30. The van der Waals surface area contributed by atoms with Gasteiger partial charge in [0.05, 0.1) is 11.1 Å². The SMILES string of the molecule is CCCCC1(CCCC)CSc2ccc(F)cc2NC1=O. The molecule has 4 heteroatoms. The predicted octanol–water partition coefficient (Wildman–Crippen LogP) is 5.24. The monoisotopic (exact) mass is 309 g/mol. The summed E-state index contributed by atoms with van der Waals surface area (Å²) in [4.78, 5) is 13.7. The third-order valence-corrected chi connectivity index (χ3v) is 5.56. The fourth-order valence-electron chi connectivity index (χ4n) is 2.79. The molecule has 0 bridgehead atoms. The molecule has 0 fully saturated rings. The van der Waals surface area contributed by atoms with Gasteiger partial charge in [-0.3, -0.25) is 4.79 Å². The minimum atomic E-state index is -0.313. The highest BCUT2D eigenvalue weighted by Crippen LogP contribution is 2.43. The van der Waals surface area contributed by atoms with Crippen LogP contribution in [0.25, 0.3) is 0 Å². The number of halogens is 1. The van der Waals surface area contributed by atoms with Crippen molar-refractivity contribution in [2.24, 2.45) is 5.41 Å². The number of fused-ring (bicyclic) bond motifs is 1. The van der Waals surface area contributed by atoms with Crippen LogP contribution in [0.5, 0.6) is 0 Å². The van der Waals surface area contributed by atoms with Crippen LogP contribution in [-0.2, 0) is 4.79 Å². The Bertz CT molecular complexity index is 496. The quantitative estimate of drug-likeness (QED) is 0.779. The fraction of sp³-hybridized carbons (Fsp3) is 0.588. The maximum absolute atomic E-state index is 13.4. The lowest BCUT2D eigenvalue weighted by Crippen LogP contribution is -2.37. The molecule has 116 valence electrons. The molecular formula is C17H24FNOS. The van der Waals surface area contributed by atoms with Crippen molar-refractivity contribution in [2.75, 3.05) is 11.1 Å². The molecule has 1 aliphatic heterocycles. The van der Waals surface area contributed by atoms with E-state index in [-0.39, 0.29) is 17.1 Å². The second kappa shape index (κ2) is 7.30. The predicted molar refractivity (Wildman–Crippen MR) is 87.2 cm³/mol. The normalized spacial score (nSPS) is 17.0. The van der Waals surface area contributed by atoms with Gasteiger partial charge >= 0.3 is 0 Å². The second-order valence-corrected chi connectivity index (χ2v) is 6.89. The van der Waals surface area contributed by atoms with Gasteiger partial charge in [-0.2, -0.15) is 0 Å². The van der Waals surface area contributed by atoms with E-state index in [0.29, 0.717) is 5.69 Å². The fourth-order valence-corrected chi connectivity index (χ4v) is 4.07. The minimum Gasteiger partial charge on any atom is -0.324 e. The summed E-state index contributed by atoms with van der Waals surface area (Å²) < 4.78 is 13.4. The van der Waals surface area contributed by atoms with Crippen molar-refractivity contribution in [2.45, 2.75) is 57.3 Å². The minimum absolute atomic E-state index is 0.0706. The molecule has 1 aliphatic rings. The van der Waals surface area contributed by atoms with Crippen molar-refractivity contribution in [1.29, 1.82) is 0 Å². The molecule has 1 aromatic carbocycles. The third kappa shape index (κ3) is 3.79. The first-order valence-electron chi connectivity index (χ1n) is 7.85. The number of nitrogens with one attached hydrogen (secondary N) is 1. The zero-order chi connectivity index (χ0) is 15.3. The molecule has 1 N–H and O–H groups in total. The van der Waals surface area contributed by atoms with Gasteiger partial charge in [-0.15, -0.1) is 11.8 Å². The standard InChI is InChI=1S/C17H24FNOS/c1-3-5-9-17(10-6-4-2)12-21-15-8-7-13(18)11-14(15)19-16(17)20/h7-8,11H,3-6,9-10,12H2,1-2H3,(H,19,20). The van der Waals surface area contributed by atoms with E-state index in [1.165, 1.54) is 12.1 Å². The van der Waals surface area contributed by atoms with Crippen molar-refractivity contribution in [1.82, 2.24) is 0 Å². The van der Waals surface area contributed by atoms with E-state index in [1.54, 1.807) is 17.8 Å². The number of hydrogen-bond donors (Lipinski definition) is 1. The van der Waals surface area contributed by atoms with Crippen LogP contribution in [0.15, 0.2) is 23.1 Å². The summed E-state index contributed by atoms with van der Waals surface area (Å²) in [6.07, 6.45) is 6.13. The summed E-state index contributed by atoms with van der Waals surface area (Å²) in [5.74, 6) is 0.558. The van der Waals surface area contributed by atoms with Crippen LogP contribution in [0.4, 0.5) is 10.1 Å². The molecule has 21 heavy (non-hydrogen) atoms. The summed E-state index contributed by atoms with van der Waals surface area (Å²) in [5.41, 5.74) is 0.312. The highest BCUT2D eigenvalue weighted by atomic mass is 32.2. The van der Waals surface area contributed by atoms with E-state index in [0.717, 1.165) is 49.2 Å². The molecule has 0 aliphatic carbocycles. The Morgan fingerprint density at radius 2 is 1.90 bits per heavy atom. The molecule has 0 radical (unpaired) electrons. The maximum Gasteiger partial charge on any atom is 0.231 e. The van der Waals surface area contributed by atoms with E-state index in [4.69, 9.17) is 0 Å². The van der Waals surface area contributed by atoms with Crippen LogP contribution >= 0.6 is 11.8 Å². The Balaban J connectivity index is 2.25. The third-order valence-electron chi connectivity index (χ3n) is 4.19. The molecule has 1 amide bonds. The van der Waals surface area contributed by atoms with Gasteiger partial charge in [0, 0.05) is 10.6 Å². The lowest BCUT2D eigenvalue weighted by Gasteiger charge is -2.30. The first-order chi connectivity index (χ1) is 10.1. The Morgan fingerprint density at radius 1 is 1.24 bits per heavy atom. The number of benzene rings is 1. The maximum atomic E-state index is 13.4. The van der Waals surface area contributed by atoms with Crippen LogP contribution in [-0.4, -0.2) is 11.7 Å². The first kappa shape index (κ1) is 16.3. The highest BCUT2D eigenvalue weighted by molar-refractivity contribution is 7.99. The summed E-state index contributed by atoms with van der Waals surface area (Å²) in [5, 5.41) is 2.97. The van der Waals surface area contributed by atoms with Crippen LogP contribution in [0.1, 0.15) is 52.4 Å².